The van der Waals surface area contributed by atoms with Crippen LogP contribution in [0.25, 0.3) is 0 Å². The highest BCUT2D eigenvalue weighted by Crippen LogP contribution is 2.36. The van der Waals surface area contributed by atoms with Crippen molar-refractivity contribution in [1.29, 1.82) is 0 Å². The molecule has 2 amide bonds. The summed E-state index contributed by atoms with van der Waals surface area (Å²) in [6, 6.07) is 5.27. The minimum atomic E-state index is -1.27. The SMILES string of the molecule is CCOC(=O)C1=NN(N=O)[C@H]2C(=O)N(c3cccc(Br)c3)C(=O)[C@H]12. The van der Waals surface area contributed by atoms with E-state index in [9.17, 15) is 19.3 Å². The Kier molecular flexibility index (Phi) is 4.14. The molecule has 10 heteroatoms. The van der Waals surface area contributed by atoms with Gasteiger partial charge in [0.1, 0.15) is 5.92 Å². The van der Waals surface area contributed by atoms with Gasteiger partial charge in [-0.1, -0.05) is 22.0 Å². The minimum Gasteiger partial charge on any atom is -0.461 e. The van der Waals surface area contributed by atoms with Gasteiger partial charge >= 0.3 is 5.97 Å². The van der Waals surface area contributed by atoms with Crippen molar-refractivity contribution in [2.45, 2.75) is 13.0 Å². The standard InChI is InChI=1S/C14H11BrN4O5/c1-2-24-14(22)10-9-11(19(16-10)17-23)13(21)18(12(9)20)8-5-3-4-7(15)6-8/h3-6,9,11H,2H2,1H3/t9-,11-/m1/s1. The van der Waals surface area contributed by atoms with E-state index in [-0.39, 0.29) is 12.3 Å². The first-order valence-corrected chi connectivity index (χ1v) is 7.80. The summed E-state index contributed by atoms with van der Waals surface area (Å²) in [4.78, 5) is 49.2. The van der Waals surface area contributed by atoms with Crippen LogP contribution in [-0.2, 0) is 19.1 Å². The van der Waals surface area contributed by atoms with E-state index < -0.39 is 29.7 Å². The lowest BCUT2D eigenvalue weighted by Gasteiger charge is -2.16. The highest BCUT2D eigenvalue weighted by atomic mass is 79.9. The third-order valence-corrected chi connectivity index (χ3v) is 4.16. The molecule has 0 unspecified atom stereocenters. The molecular formula is C14H11BrN4O5. The number of carbonyl (C=O) groups is 3. The van der Waals surface area contributed by atoms with Crippen LogP contribution in [0.3, 0.4) is 0 Å². The molecule has 0 aliphatic carbocycles. The number of rotatable bonds is 4. The van der Waals surface area contributed by atoms with Gasteiger partial charge in [-0.15, -0.1) is 15.1 Å². The van der Waals surface area contributed by atoms with Crippen molar-refractivity contribution in [3.05, 3.63) is 33.6 Å². The lowest BCUT2D eigenvalue weighted by Crippen LogP contribution is -2.36. The van der Waals surface area contributed by atoms with Crippen molar-refractivity contribution < 1.29 is 19.1 Å². The number of nitroso groups, excluding NO2 is 1. The Bertz CT molecular complexity index is 780. The van der Waals surface area contributed by atoms with Crippen molar-refractivity contribution in [2.24, 2.45) is 16.3 Å². The van der Waals surface area contributed by atoms with Crippen LogP contribution in [0.1, 0.15) is 6.92 Å². The van der Waals surface area contributed by atoms with Crippen molar-refractivity contribution in [1.82, 2.24) is 5.12 Å². The number of hydrogen-bond acceptors (Lipinski definition) is 7. The number of anilines is 1. The molecule has 0 spiro atoms. The number of ether oxygens (including phenoxy) is 1. The van der Waals surface area contributed by atoms with Crippen molar-refractivity contribution in [2.75, 3.05) is 11.5 Å². The average molecular weight is 395 g/mol. The Morgan fingerprint density at radius 3 is 2.75 bits per heavy atom. The molecule has 2 aliphatic heterocycles. The number of benzene rings is 1. The van der Waals surface area contributed by atoms with E-state index in [1.54, 1.807) is 31.2 Å². The maximum atomic E-state index is 12.7. The Labute approximate surface area is 144 Å². The van der Waals surface area contributed by atoms with Crippen molar-refractivity contribution >= 4 is 45.1 Å². The fourth-order valence-corrected chi connectivity index (χ4v) is 3.09. The fraction of sp³-hybridized carbons (Fsp3) is 0.286. The predicted molar refractivity (Wildman–Crippen MR) is 85.6 cm³/mol. The Morgan fingerprint density at radius 2 is 2.12 bits per heavy atom. The Hall–Kier alpha value is -2.62. The Balaban J connectivity index is 2.02. The summed E-state index contributed by atoms with van der Waals surface area (Å²) in [6.45, 7) is 1.66. The number of halogens is 1. The number of nitrogens with zero attached hydrogens (tertiary/aromatic N) is 4. The van der Waals surface area contributed by atoms with E-state index in [4.69, 9.17) is 4.74 Å². The van der Waals surface area contributed by atoms with Crippen LogP contribution in [0, 0.1) is 10.8 Å². The zero-order chi connectivity index (χ0) is 17.4. The lowest BCUT2D eigenvalue weighted by atomic mass is 9.98. The molecule has 1 aromatic carbocycles. The fourth-order valence-electron chi connectivity index (χ4n) is 2.70. The van der Waals surface area contributed by atoms with Crippen LogP contribution >= 0.6 is 15.9 Å². The normalized spacial score (nSPS) is 22.5. The van der Waals surface area contributed by atoms with E-state index in [1.807, 2.05) is 0 Å². The quantitative estimate of drug-likeness (QED) is 0.431. The topological polar surface area (TPSA) is 109 Å². The van der Waals surface area contributed by atoms with Crippen LogP contribution in [-0.4, -0.2) is 41.3 Å². The average Bonchev–Trinajstić information content (AvgIpc) is 3.05. The van der Waals surface area contributed by atoms with Gasteiger partial charge in [0.05, 0.1) is 17.6 Å². The highest BCUT2D eigenvalue weighted by molar-refractivity contribution is 9.10. The first kappa shape index (κ1) is 16.2. The molecule has 2 aliphatic rings. The molecule has 0 radical (unpaired) electrons. The van der Waals surface area contributed by atoms with E-state index in [1.165, 1.54) is 0 Å². The molecule has 0 bridgehead atoms. The molecule has 3 rings (SSSR count). The van der Waals surface area contributed by atoms with Gasteiger partial charge in [0.25, 0.3) is 5.91 Å². The summed E-state index contributed by atoms with van der Waals surface area (Å²) in [5.74, 6) is -3.39. The van der Waals surface area contributed by atoms with Gasteiger partial charge in [-0.3, -0.25) is 9.59 Å². The Morgan fingerprint density at radius 1 is 1.38 bits per heavy atom. The molecule has 1 aromatic rings. The predicted octanol–water partition coefficient (Wildman–Crippen LogP) is 1.22. The highest BCUT2D eigenvalue weighted by Gasteiger charge is 2.59. The van der Waals surface area contributed by atoms with E-state index in [2.05, 4.69) is 26.3 Å². The third-order valence-electron chi connectivity index (χ3n) is 3.66. The summed E-state index contributed by atoms with van der Waals surface area (Å²) in [5.41, 5.74) is 0.0279. The van der Waals surface area contributed by atoms with Crippen LogP contribution < -0.4 is 4.90 Å². The van der Waals surface area contributed by atoms with Gasteiger partial charge < -0.3 is 4.74 Å². The van der Waals surface area contributed by atoms with Crippen LogP contribution in [0.15, 0.2) is 39.1 Å². The van der Waals surface area contributed by atoms with Gasteiger partial charge in [-0.2, -0.15) is 0 Å². The maximum absolute atomic E-state index is 12.7. The zero-order valence-corrected chi connectivity index (χ0v) is 14.0. The largest absolute Gasteiger partial charge is 0.461 e. The third kappa shape index (κ3) is 2.39. The summed E-state index contributed by atoms with van der Waals surface area (Å²) in [5, 5.41) is 6.86. The van der Waals surface area contributed by atoms with Crippen LogP contribution in [0.5, 0.6) is 0 Å². The molecule has 0 N–H and O–H groups in total. The second-order valence-electron chi connectivity index (χ2n) is 5.02. The van der Waals surface area contributed by atoms with Gasteiger partial charge in [0.15, 0.2) is 11.8 Å². The first-order valence-electron chi connectivity index (χ1n) is 7.01. The summed E-state index contributed by atoms with van der Waals surface area (Å²) < 4.78 is 5.51. The van der Waals surface area contributed by atoms with Gasteiger partial charge in [-0.05, 0) is 25.1 Å². The van der Waals surface area contributed by atoms with Gasteiger partial charge in [0, 0.05) is 4.47 Å². The maximum Gasteiger partial charge on any atom is 0.355 e. The summed E-state index contributed by atoms with van der Waals surface area (Å²) >= 11 is 3.27. The minimum absolute atomic E-state index is 0.0707. The van der Waals surface area contributed by atoms with Crippen LogP contribution in [0.2, 0.25) is 0 Å². The molecular weight excluding hydrogens is 384 g/mol. The number of imide groups is 1. The second-order valence-corrected chi connectivity index (χ2v) is 5.94. The van der Waals surface area contributed by atoms with Crippen LogP contribution in [0.4, 0.5) is 5.69 Å². The van der Waals surface area contributed by atoms with Gasteiger partial charge in [0.2, 0.25) is 5.91 Å². The number of carbonyl (C=O) groups excluding carboxylic acids is 3. The molecule has 2 heterocycles. The monoisotopic (exact) mass is 394 g/mol. The molecule has 1 saturated heterocycles. The number of esters is 1. The van der Waals surface area contributed by atoms with Crippen molar-refractivity contribution in [3.8, 4) is 0 Å². The van der Waals surface area contributed by atoms with E-state index in [0.29, 0.717) is 15.3 Å². The lowest BCUT2D eigenvalue weighted by molar-refractivity contribution is -0.136. The first-order chi connectivity index (χ1) is 11.5. The number of amides is 2. The van der Waals surface area contributed by atoms with Crippen molar-refractivity contribution in [3.63, 3.8) is 0 Å². The molecule has 124 valence electrons. The molecule has 0 saturated carbocycles. The molecule has 24 heavy (non-hydrogen) atoms. The molecule has 0 aromatic heterocycles. The zero-order valence-electron chi connectivity index (χ0n) is 12.4. The summed E-state index contributed by atoms with van der Waals surface area (Å²) in [7, 11) is 0. The van der Waals surface area contributed by atoms with Gasteiger partial charge in [-0.25, -0.2) is 9.69 Å². The number of fused-ring (bicyclic) bond motifs is 1. The molecule has 2 atom stereocenters. The number of hydrazone groups is 1. The molecule has 1 fully saturated rings. The number of hydrogen-bond donors (Lipinski definition) is 0. The summed E-state index contributed by atoms with van der Waals surface area (Å²) in [6.07, 6.45) is 0. The van der Waals surface area contributed by atoms with E-state index in [0.717, 1.165) is 4.90 Å². The molecule has 9 nitrogen and oxygen atoms in total. The smallest absolute Gasteiger partial charge is 0.355 e. The second kappa shape index (κ2) is 6.11. The van der Waals surface area contributed by atoms with E-state index >= 15 is 0 Å².